The molecule has 2 aromatic rings. The maximum Gasteiger partial charge on any atom is 0.488 e. The molecule has 3 N–H and O–H groups in total. The summed E-state index contributed by atoms with van der Waals surface area (Å²) in [5.74, 6) is -2.43. The Hall–Kier alpha value is -2.25. The number of hydrogen-bond acceptors (Lipinski definition) is 3. The van der Waals surface area contributed by atoms with Gasteiger partial charge in [-0.25, -0.2) is 8.78 Å². The van der Waals surface area contributed by atoms with E-state index in [4.69, 9.17) is 0 Å². The van der Waals surface area contributed by atoms with Gasteiger partial charge in [-0.1, -0.05) is 56.0 Å². The quantitative estimate of drug-likeness (QED) is 0.562. The number of halogens is 2. The molecule has 2 aliphatic rings. The van der Waals surface area contributed by atoms with Crippen molar-refractivity contribution in [1.82, 2.24) is 0 Å². The van der Waals surface area contributed by atoms with Crippen molar-refractivity contribution in [3.63, 3.8) is 0 Å². The lowest BCUT2D eigenvalue weighted by Gasteiger charge is -2.36. The molecular weight excluding hydrogens is 363 g/mol. The number of benzene rings is 2. The molecule has 0 saturated heterocycles. The third-order valence-corrected chi connectivity index (χ3v) is 6.25. The molecule has 1 atom stereocenters. The van der Waals surface area contributed by atoms with Crippen LogP contribution >= 0.6 is 0 Å². The van der Waals surface area contributed by atoms with E-state index in [0.717, 1.165) is 44.6 Å². The van der Waals surface area contributed by atoms with E-state index in [9.17, 15) is 23.6 Å². The van der Waals surface area contributed by atoms with E-state index in [1.807, 2.05) is 0 Å². The number of nitrogens with one attached hydrogen (secondary N) is 1. The third kappa shape index (κ3) is 2.84. The molecule has 2 aromatic carbocycles. The van der Waals surface area contributed by atoms with E-state index in [1.165, 1.54) is 6.07 Å². The van der Waals surface area contributed by atoms with E-state index in [1.54, 1.807) is 24.3 Å². The Morgan fingerprint density at radius 2 is 1.61 bits per heavy atom. The van der Waals surface area contributed by atoms with Crippen LogP contribution in [0.1, 0.15) is 49.7 Å². The highest BCUT2D eigenvalue weighted by molar-refractivity contribution is 6.58. The molecule has 7 heteroatoms. The highest BCUT2D eigenvalue weighted by Gasteiger charge is 2.54. The number of carbonyl (C=O) groups is 1. The van der Waals surface area contributed by atoms with Crippen LogP contribution in [-0.2, 0) is 10.2 Å². The van der Waals surface area contributed by atoms with Gasteiger partial charge in [0.2, 0.25) is 5.91 Å². The maximum atomic E-state index is 14.5. The van der Waals surface area contributed by atoms with Crippen molar-refractivity contribution in [3.8, 4) is 0 Å². The van der Waals surface area contributed by atoms with Crippen molar-refractivity contribution in [2.24, 2.45) is 5.92 Å². The molecule has 1 amide bonds. The van der Waals surface area contributed by atoms with Gasteiger partial charge in [0.1, 0.15) is 5.41 Å². The summed E-state index contributed by atoms with van der Waals surface area (Å²) in [7, 11) is -1.61. The third-order valence-electron chi connectivity index (χ3n) is 6.25. The average Bonchev–Trinajstić information content (AvgIpc) is 2.84. The van der Waals surface area contributed by atoms with Crippen LogP contribution in [0.5, 0.6) is 0 Å². The first-order valence-corrected chi connectivity index (χ1v) is 9.72. The Balaban J connectivity index is 1.93. The van der Waals surface area contributed by atoms with Crippen LogP contribution in [0.15, 0.2) is 36.4 Å². The minimum atomic E-state index is -1.61. The van der Waals surface area contributed by atoms with E-state index in [0.29, 0.717) is 16.6 Å². The lowest BCUT2D eigenvalue weighted by Crippen LogP contribution is -2.43. The van der Waals surface area contributed by atoms with E-state index >= 15 is 0 Å². The summed E-state index contributed by atoms with van der Waals surface area (Å²) in [6.07, 6.45) is 5.77. The largest absolute Gasteiger partial charge is 0.488 e. The van der Waals surface area contributed by atoms with Crippen molar-refractivity contribution in [3.05, 3.63) is 59.2 Å². The fourth-order valence-corrected chi connectivity index (χ4v) is 4.89. The topological polar surface area (TPSA) is 69.6 Å². The highest BCUT2D eigenvalue weighted by Crippen LogP contribution is 2.52. The molecule has 146 valence electrons. The fraction of sp³-hybridized carbons (Fsp3) is 0.381. The van der Waals surface area contributed by atoms with Crippen LogP contribution in [0, 0.1) is 17.6 Å². The molecular formula is C21H22BF2NO3. The predicted molar refractivity (Wildman–Crippen MR) is 103 cm³/mol. The van der Waals surface area contributed by atoms with Gasteiger partial charge in [0.25, 0.3) is 0 Å². The van der Waals surface area contributed by atoms with Crippen LogP contribution in [0.2, 0.25) is 0 Å². The summed E-state index contributed by atoms with van der Waals surface area (Å²) in [6, 6.07) is 9.08. The van der Waals surface area contributed by atoms with Crippen molar-refractivity contribution < 1.29 is 23.6 Å². The van der Waals surface area contributed by atoms with Crippen LogP contribution in [0.4, 0.5) is 14.5 Å². The molecule has 0 radical (unpaired) electrons. The van der Waals surface area contributed by atoms with Gasteiger partial charge in [0.15, 0.2) is 11.6 Å². The minimum Gasteiger partial charge on any atom is -0.423 e. The predicted octanol–water partition coefficient (Wildman–Crippen LogP) is 2.85. The summed E-state index contributed by atoms with van der Waals surface area (Å²) < 4.78 is 28.3. The van der Waals surface area contributed by atoms with E-state index < -0.39 is 24.2 Å². The number of hydrogen-bond donors (Lipinski definition) is 3. The summed E-state index contributed by atoms with van der Waals surface area (Å²) >= 11 is 0. The molecule has 0 unspecified atom stereocenters. The van der Waals surface area contributed by atoms with Gasteiger partial charge in [-0.2, -0.15) is 0 Å². The minimum absolute atomic E-state index is 0.0500. The molecule has 4 nitrogen and oxygen atoms in total. The number of rotatable bonds is 3. The molecule has 1 heterocycles. The highest BCUT2D eigenvalue weighted by atomic mass is 19.2. The van der Waals surface area contributed by atoms with Gasteiger partial charge in [-0.05, 0) is 41.4 Å². The van der Waals surface area contributed by atoms with Gasteiger partial charge in [0, 0.05) is 0 Å². The van der Waals surface area contributed by atoms with E-state index in [-0.39, 0.29) is 17.5 Å². The van der Waals surface area contributed by atoms with Gasteiger partial charge in [0.05, 0.1) is 5.69 Å². The van der Waals surface area contributed by atoms with Gasteiger partial charge >= 0.3 is 7.12 Å². The second kappa shape index (κ2) is 7.30. The van der Waals surface area contributed by atoms with Crippen LogP contribution < -0.4 is 10.8 Å². The Labute approximate surface area is 162 Å². The molecule has 1 aliphatic heterocycles. The molecule has 4 rings (SSSR count). The Morgan fingerprint density at radius 3 is 2.21 bits per heavy atom. The normalized spacial score (nSPS) is 22.5. The van der Waals surface area contributed by atoms with Gasteiger partial charge in [-0.3, -0.25) is 4.79 Å². The summed E-state index contributed by atoms with van der Waals surface area (Å²) in [5.41, 5.74) is 0.225. The van der Waals surface area contributed by atoms with Crippen LogP contribution in [-0.4, -0.2) is 23.1 Å². The molecule has 1 aliphatic carbocycles. The van der Waals surface area contributed by atoms with Crippen LogP contribution in [0.3, 0.4) is 0 Å². The second-order valence-corrected chi connectivity index (χ2v) is 7.73. The Kier molecular flexibility index (Phi) is 4.97. The van der Waals surface area contributed by atoms with E-state index in [2.05, 4.69) is 5.32 Å². The molecule has 1 fully saturated rings. The SMILES string of the molecule is O=C1Nc2c(ccc(F)c2F)[C@@]1(c1ccc(B(O)O)cc1)C1CCCCCC1. The fourth-order valence-electron chi connectivity index (χ4n) is 4.89. The van der Waals surface area contributed by atoms with Crippen molar-refractivity contribution in [2.75, 3.05) is 5.32 Å². The first-order chi connectivity index (χ1) is 13.5. The first-order valence-electron chi connectivity index (χ1n) is 9.72. The number of amides is 1. The lowest BCUT2D eigenvalue weighted by molar-refractivity contribution is -0.121. The second-order valence-electron chi connectivity index (χ2n) is 7.73. The number of carbonyl (C=O) groups excluding carboxylic acids is 1. The average molecular weight is 385 g/mol. The Bertz CT molecular complexity index is 895. The zero-order chi connectivity index (χ0) is 19.9. The standard InChI is InChI=1S/C21H22BF2NO3/c23-17-12-11-16-19(18(17)24)25-20(26)21(16,13-5-3-1-2-4-6-13)14-7-9-15(10-8-14)22(27)28/h7-13,27-28H,1-6H2,(H,25,26)/t21-/m0/s1. The molecule has 28 heavy (non-hydrogen) atoms. The zero-order valence-corrected chi connectivity index (χ0v) is 15.4. The van der Waals surface area contributed by atoms with Crippen molar-refractivity contribution in [1.29, 1.82) is 0 Å². The first kappa shape index (κ1) is 19.1. The number of anilines is 1. The molecule has 1 saturated carbocycles. The summed E-state index contributed by atoms with van der Waals surface area (Å²) in [5, 5.41) is 21.4. The molecule has 0 bridgehead atoms. The zero-order valence-electron chi connectivity index (χ0n) is 15.4. The van der Waals surface area contributed by atoms with Crippen molar-refractivity contribution in [2.45, 2.75) is 43.9 Å². The maximum absolute atomic E-state index is 14.5. The number of fused-ring (bicyclic) bond motifs is 1. The molecule has 0 spiro atoms. The summed E-state index contributed by atoms with van der Waals surface area (Å²) in [4.78, 5) is 13.3. The summed E-state index contributed by atoms with van der Waals surface area (Å²) in [6.45, 7) is 0. The van der Waals surface area contributed by atoms with Gasteiger partial charge in [-0.15, -0.1) is 0 Å². The molecule has 0 aromatic heterocycles. The van der Waals surface area contributed by atoms with Crippen LogP contribution in [0.25, 0.3) is 0 Å². The Morgan fingerprint density at radius 1 is 0.964 bits per heavy atom. The lowest BCUT2D eigenvalue weighted by atomic mass is 9.63. The van der Waals surface area contributed by atoms with Crippen molar-refractivity contribution >= 4 is 24.2 Å². The monoisotopic (exact) mass is 385 g/mol. The van der Waals surface area contributed by atoms with Gasteiger partial charge < -0.3 is 15.4 Å². The smallest absolute Gasteiger partial charge is 0.423 e.